The highest BCUT2D eigenvalue weighted by molar-refractivity contribution is 6.15. The zero-order valence-corrected chi connectivity index (χ0v) is 17.6. The van der Waals surface area contributed by atoms with Gasteiger partial charge in [-0.2, -0.15) is 0 Å². The normalized spacial score (nSPS) is 17.0. The number of benzene rings is 2. The number of hydrogen-bond acceptors (Lipinski definition) is 2. The van der Waals surface area contributed by atoms with Gasteiger partial charge in [-0.1, -0.05) is 65.3 Å². The van der Waals surface area contributed by atoms with Gasteiger partial charge in [-0.05, 0) is 58.9 Å². The first-order chi connectivity index (χ1) is 13.1. The van der Waals surface area contributed by atoms with Crippen molar-refractivity contribution < 1.29 is 14.7 Å². The van der Waals surface area contributed by atoms with Gasteiger partial charge in [-0.15, -0.1) is 0 Å². The summed E-state index contributed by atoms with van der Waals surface area (Å²) in [4.78, 5) is 25.1. The van der Waals surface area contributed by atoms with E-state index in [2.05, 4.69) is 46.8 Å². The summed E-state index contributed by atoms with van der Waals surface area (Å²) in [5.74, 6) is -1.26. The molecule has 1 aliphatic rings. The molecule has 0 unspecified atom stereocenters. The number of fused-ring (bicyclic) bond motifs is 1. The highest BCUT2D eigenvalue weighted by Gasteiger charge is 2.38. The molecule has 1 aliphatic carbocycles. The predicted molar refractivity (Wildman–Crippen MR) is 113 cm³/mol. The molecule has 0 aromatic heterocycles. The van der Waals surface area contributed by atoms with Gasteiger partial charge in [0.1, 0.15) is 0 Å². The lowest BCUT2D eigenvalue weighted by Gasteiger charge is -2.42. The van der Waals surface area contributed by atoms with Gasteiger partial charge in [0.25, 0.3) is 0 Å². The largest absolute Gasteiger partial charge is 0.478 e. The average molecular weight is 379 g/mol. The molecule has 0 atom stereocenters. The summed E-state index contributed by atoms with van der Waals surface area (Å²) in [6.07, 6.45) is 3.93. The molecular formula is C25H30O3. The molecule has 0 bridgehead atoms. The van der Waals surface area contributed by atoms with Crippen molar-refractivity contribution in [2.24, 2.45) is 0 Å². The molecule has 1 N–H and O–H groups in total. The fourth-order valence-corrected chi connectivity index (χ4v) is 4.36. The fraction of sp³-hybridized carbons (Fsp3) is 0.440. The van der Waals surface area contributed by atoms with Crippen LogP contribution in [0.3, 0.4) is 0 Å². The summed E-state index contributed by atoms with van der Waals surface area (Å²) in [5.41, 5.74) is 4.63. The number of aryl methyl sites for hydroxylation is 1. The molecule has 0 saturated heterocycles. The maximum absolute atomic E-state index is 13.5. The fourth-order valence-electron chi connectivity index (χ4n) is 4.36. The van der Waals surface area contributed by atoms with Crippen LogP contribution in [0.25, 0.3) is 0 Å². The standard InChI is InChI=1S/C25H30O3/c1-6-9-16-14-20-21(25(4,5)13-12-24(20,2)3)15-19(16)22(26)17-10-7-8-11-18(17)23(27)28/h7-8,10-11,14-15H,6,9,12-13H2,1-5H3,(H,27,28). The van der Waals surface area contributed by atoms with Crippen molar-refractivity contribution in [3.05, 3.63) is 69.8 Å². The topological polar surface area (TPSA) is 54.4 Å². The summed E-state index contributed by atoms with van der Waals surface area (Å²) >= 11 is 0. The average Bonchev–Trinajstić information content (AvgIpc) is 2.65. The van der Waals surface area contributed by atoms with Crippen molar-refractivity contribution in [1.29, 1.82) is 0 Å². The van der Waals surface area contributed by atoms with Gasteiger partial charge in [-0.3, -0.25) is 4.79 Å². The molecular weight excluding hydrogens is 348 g/mol. The second kappa shape index (κ2) is 7.20. The van der Waals surface area contributed by atoms with Crippen LogP contribution in [-0.4, -0.2) is 16.9 Å². The second-order valence-electron chi connectivity index (χ2n) is 9.25. The van der Waals surface area contributed by atoms with Gasteiger partial charge in [0, 0.05) is 11.1 Å². The smallest absolute Gasteiger partial charge is 0.336 e. The first-order valence-corrected chi connectivity index (χ1v) is 10.1. The summed E-state index contributed by atoms with van der Waals surface area (Å²) in [6.45, 7) is 11.1. The Balaban J connectivity index is 2.24. The molecule has 3 nitrogen and oxygen atoms in total. The molecule has 3 rings (SSSR count). The molecule has 2 aromatic rings. The monoisotopic (exact) mass is 378 g/mol. The van der Waals surface area contributed by atoms with E-state index in [9.17, 15) is 14.7 Å². The van der Waals surface area contributed by atoms with E-state index >= 15 is 0 Å². The van der Waals surface area contributed by atoms with Gasteiger partial charge in [0.2, 0.25) is 0 Å². The Hall–Kier alpha value is -2.42. The minimum Gasteiger partial charge on any atom is -0.478 e. The lowest BCUT2D eigenvalue weighted by molar-refractivity contribution is 0.0692. The van der Waals surface area contributed by atoms with Crippen LogP contribution in [-0.2, 0) is 17.3 Å². The van der Waals surface area contributed by atoms with Crippen LogP contribution in [0.4, 0.5) is 0 Å². The highest BCUT2D eigenvalue weighted by Crippen LogP contribution is 2.46. The third kappa shape index (κ3) is 3.50. The Kier molecular flexibility index (Phi) is 5.22. The third-order valence-corrected chi connectivity index (χ3v) is 6.24. The van der Waals surface area contributed by atoms with Crippen LogP contribution in [0.1, 0.15) is 96.9 Å². The van der Waals surface area contributed by atoms with E-state index in [4.69, 9.17) is 0 Å². The van der Waals surface area contributed by atoms with E-state index in [0.717, 1.165) is 31.2 Å². The summed E-state index contributed by atoms with van der Waals surface area (Å²) in [6, 6.07) is 10.8. The first kappa shape index (κ1) is 20.3. The highest BCUT2D eigenvalue weighted by atomic mass is 16.4. The lowest BCUT2D eigenvalue weighted by Crippen LogP contribution is -2.34. The Bertz CT molecular complexity index is 935. The number of carbonyl (C=O) groups is 2. The Morgan fingerprint density at radius 1 is 0.893 bits per heavy atom. The van der Waals surface area contributed by atoms with Crippen LogP contribution in [0.2, 0.25) is 0 Å². The molecule has 0 radical (unpaired) electrons. The molecule has 0 saturated carbocycles. The summed E-state index contributed by atoms with van der Waals surface area (Å²) < 4.78 is 0. The van der Waals surface area contributed by atoms with E-state index in [-0.39, 0.29) is 27.7 Å². The van der Waals surface area contributed by atoms with Crippen molar-refractivity contribution in [1.82, 2.24) is 0 Å². The van der Waals surface area contributed by atoms with Crippen molar-refractivity contribution >= 4 is 11.8 Å². The van der Waals surface area contributed by atoms with Gasteiger partial charge in [0.05, 0.1) is 5.56 Å². The summed E-state index contributed by atoms with van der Waals surface area (Å²) in [7, 11) is 0. The number of aromatic carboxylic acids is 1. The molecule has 148 valence electrons. The van der Waals surface area contributed by atoms with Crippen molar-refractivity contribution in [3.63, 3.8) is 0 Å². The number of carbonyl (C=O) groups excluding carboxylic acids is 1. The zero-order valence-electron chi connectivity index (χ0n) is 17.6. The number of hydrogen-bond donors (Lipinski definition) is 1. The van der Waals surface area contributed by atoms with Crippen LogP contribution in [0.5, 0.6) is 0 Å². The van der Waals surface area contributed by atoms with Gasteiger partial charge >= 0.3 is 5.97 Å². The van der Waals surface area contributed by atoms with Crippen LogP contribution < -0.4 is 0 Å². The molecule has 0 heterocycles. The van der Waals surface area contributed by atoms with Gasteiger partial charge in [0.15, 0.2) is 5.78 Å². The van der Waals surface area contributed by atoms with E-state index < -0.39 is 5.97 Å². The molecule has 0 spiro atoms. The molecule has 0 amide bonds. The Labute approximate surface area is 167 Å². The predicted octanol–water partition coefficient (Wildman–Crippen LogP) is 5.92. The Morgan fingerprint density at radius 3 is 1.96 bits per heavy atom. The van der Waals surface area contributed by atoms with E-state index in [1.807, 2.05) is 0 Å². The van der Waals surface area contributed by atoms with E-state index in [1.165, 1.54) is 17.2 Å². The maximum Gasteiger partial charge on any atom is 0.336 e. The van der Waals surface area contributed by atoms with Gasteiger partial charge < -0.3 is 5.11 Å². The van der Waals surface area contributed by atoms with Crippen LogP contribution in [0, 0.1) is 0 Å². The zero-order chi connectivity index (χ0) is 20.7. The van der Waals surface area contributed by atoms with Crippen molar-refractivity contribution in [3.8, 4) is 0 Å². The number of carboxylic acid groups (broad SMARTS) is 1. The number of rotatable bonds is 5. The SMILES string of the molecule is CCCc1cc2c(cc1C(=O)c1ccccc1C(=O)O)C(C)(C)CCC2(C)C. The van der Waals surface area contributed by atoms with Crippen molar-refractivity contribution in [2.75, 3.05) is 0 Å². The molecule has 2 aromatic carbocycles. The van der Waals surface area contributed by atoms with E-state index in [1.54, 1.807) is 18.2 Å². The third-order valence-electron chi connectivity index (χ3n) is 6.24. The molecule has 0 aliphatic heterocycles. The molecule has 28 heavy (non-hydrogen) atoms. The Morgan fingerprint density at radius 2 is 1.43 bits per heavy atom. The van der Waals surface area contributed by atoms with Crippen LogP contribution in [0.15, 0.2) is 36.4 Å². The molecule has 3 heteroatoms. The second-order valence-corrected chi connectivity index (χ2v) is 9.25. The lowest BCUT2D eigenvalue weighted by atomic mass is 9.62. The first-order valence-electron chi connectivity index (χ1n) is 10.1. The maximum atomic E-state index is 13.5. The number of ketones is 1. The minimum absolute atomic E-state index is 0.00303. The molecule has 0 fully saturated rings. The summed E-state index contributed by atoms with van der Waals surface area (Å²) in [5, 5.41) is 9.53. The van der Waals surface area contributed by atoms with Crippen molar-refractivity contribution in [2.45, 2.75) is 71.1 Å². The van der Waals surface area contributed by atoms with Gasteiger partial charge in [-0.25, -0.2) is 4.79 Å². The number of carboxylic acids is 1. The minimum atomic E-state index is -1.07. The van der Waals surface area contributed by atoms with E-state index in [0.29, 0.717) is 5.56 Å². The quantitative estimate of drug-likeness (QED) is 0.657. The van der Waals surface area contributed by atoms with Crippen LogP contribution >= 0.6 is 0 Å².